The predicted octanol–water partition coefficient (Wildman–Crippen LogP) is 1.70. The Morgan fingerprint density at radius 1 is 0.780 bits per heavy atom. The van der Waals surface area contributed by atoms with Crippen LogP contribution in [-0.4, -0.2) is 91.0 Å². The first kappa shape index (κ1) is 38.9. The molecule has 2 fully saturated rings. The van der Waals surface area contributed by atoms with Crippen LogP contribution in [0.25, 0.3) is 0 Å². The summed E-state index contributed by atoms with van der Waals surface area (Å²) in [6.07, 6.45) is 2.38. The van der Waals surface area contributed by atoms with Gasteiger partial charge in [0.25, 0.3) is 0 Å². The maximum Gasteiger partial charge on any atom is 0.238 e. The van der Waals surface area contributed by atoms with Crippen LogP contribution in [0.2, 0.25) is 0 Å². The van der Waals surface area contributed by atoms with E-state index in [1.807, 2.05) is 34.9 Å². The van der Waals surface area contributed by atoms with Crippen LogP contribution in [0.5, 0.6) is 0 Å². The third kappa shape index (κ3) is 11.2. The zero-order valence-electron chi connectivity index (χ0n) is 25.6. The van der Waals surface area contributed by atoms with Crippen LogP contribution in [0.3, 0.4) is 0 Å². The van der Waals surface area contributed by atoms with Gasteiger partial charge in [-0.3, -0.25) is 19.7 Å². The van der Waals surface area contributed by atoms with E-state index >= 15 is 0 Å². The molecule has 13 heteroatoms. The van der Waals surface area contributed by atoms with Crippen molar-refractivity contribution in [2.24, 2.45) is 16.6 Å². The Morgan fingerprint density at radius 2 is 1.12 bits per heavy atom. The van der Waals surface area contributed by atoms with Crippen molar-refractivity contribution in [1.29, 1.82) is 10.5 Å². The molecule has 0 bridgehead atoms. The van der Waals surface area contributed by atoms with Crippen LogP contribution in [0.1, 0.15) is 73.1 Å². The van der Waals surface area contributed by atoms with Gasteiger partial charge >= 0.3 is 0 Å². The zero-order valence-corrected chi connectivity index (χ0v) is 27.3. The molecule has 3 amide bonds. The van der Waals surface area contributed by atoms with Crippen molar-refractivity contribution in [2.75, 3.05) is 40.3 Å². The number of nitrogens with two attached hydrogens (primary N) is 1. The normalized spacial score (nSPS) is 20.5. The van der Waals surface area contributed by atoms with Crippen LogP contribution < -0.4 is 21.7 Å². The monoisotopic (exact) mass is 616 g/mol. The Bertz CT molecular complexity index is 986. The van der Waals surface area contributed by atoms with Gasteiger partial charge in [-0.05, 0) is 58.0 Å². The molecule has 234 valence electrons. The Morgan fingerprint density at radius 3 is 1.41 bits per heavy atom. The van der Waals surface area contributed by atoms with Gasteiger partial charge in [0.15, 0.2) is 0 Å². The second kappa shape index (κ2) is 15.4. The molecule has 0 spiro atoms. The predicted molar refractivity (Wildman–Crippen MR) is 163 cm³/mol. The molecule has 2 aliphatic rings. The molecule has 2 heterocycles. The molecule has 2 atom stereocenters. The van der Waals surface area contributed by atoms with E-state index in [4.69, 9.17) is 5.73 Å². The lowest BCUT2D eigenvalue weighted by atomic mass is 9.82. The van der Waals surface area contributed by atoms with Crippen molar-refractivity contribution in [2.45, 2.75) is 96.3 Å². The second-order valence-corrected chi connectivity index (χ2v) is 13.5. The number of rotatable bonds is 10. The van der Waals surface area contributed by atoms with Crippen LogP contribution in [0.4, 0.5) is 0 Å². The lowest BCUT2D eigenvalue weighted by Gasteiger charge is -2.39. The number of hydrogen-bond donors (Lipinski definition) is 4. The topological polar surface area (TPSA) is 167 Å². The van der Waals surface area contributed by atoms with Gasteiger partial charge in [-0.2, -0.15) is 10.5 Å². The summed E-state index contributed by atoms with van der Waals surface area (Å²) in [6, 6.07) is 2.83. The smallest absolute Gasteiger partial charge is 0.238 e. The van der Waals surface area contributed by atoms with Crippen molar-refractivity contribution in [1.82, 2.24) is 25.8 Å². The minimum absolute atomic E-state index is 0. The first-order valence-corrected chi connectivity index (χ1v) is 13.9. The summed E-state index contributed by atoms with van der Waals surface area (Å²) in [4.78, 5) is 43.9. The minimum atomic E-state index is -1.05. The molecular weight excluding hydrogens is 567 g/mol. The summed E-state index contributed by atoms with van der Waals surface area (Å²) in [5, 5.41) is 29.1. The number of nitriles is 2. The highest BCUT2D eigenvalue weighted by Crippen LogP contribution is 2.28. The van der Waals surface area contributed by atoms with Gasteiger partial charge in [0.2, 0.25) is 17.7 Å². The van der Waals surface area contributed by atoms with E-state index in [-0.39, 0.29) is 42.6 Å². The molecule has 2 aliphatic heterocycles. The highest BCUT2D eigenvalue weighted by atomic mass is 35.5. The van der Waals surface area contributed by atoms with Gasteiger partial charge < -0.3 is 26.2 Å². The largest absolute Gasteiger partial charge is 0.369 e. The van der Waals surface area contributed by atoms with E-state index in [1.165, 1.54) is 0 Å². The molecule has 0 aromatic heterocycles. The fraction of sp³-hybridized carbons (Fsp3) is 0.821. The number of piperidine rings is 2. The number of carbonyl (C=O) groups excluding carboxylic acids is 3. The quantitative estimate of drug-likeness (QED) is 0.287. The third-order valence-electron chi connectivity index (χ3n) is 8.07. The van der Waals surface area contributed by atoms with E-state index in [2.05, 4.69) is 37.9 Å². The van der Waals surface area contributed by atoms with Crippen molar-refractivity contribution < 1.29 is 14.4 Å². The van der Waals surface area contributed by atoms with E-state index in [1.54, 1.807) is 13.8 Å². The Hall–Kier alpha value is -2.15. The average Bonchev–Trinajstić information content (AvgIpc) is 2.85. The third-order valence-corrected chi connectivity index (χ3v) is 8.07. The zero-order chi connectivity index (χ0) is 29.6. The highest BCUT2D eigenvalue weighted by Gasteiger charge is 2.42. The highest BCUT2D eigenvalue weighted by molar-refractivity contribution is 5.88. The number of nitrogens with one attached hydrogen (secondary N) is 3. The van der Waals surface area contributed by atoms with Gasteiger partial charge in [0.1, 0.15) is 11.1 Å². The molecule has 11 nitrogen and oxygen atoms in total. The standard InChI is InChI=1S/C28H48N8O3.2ClH/c1-25(2,3)16-20(22(37)33-27(18-29)8-12-35(6)13-9-27)32-21(17-26(4,5)24(31)39)23(38)34-28(19-30)10-14-36(7)15-11-28;;/h20-21,32H,8-17H2,1-7H3,(H2,31,39)(H,33,37)(H,34,38);2*1H. The maximum absolute atomic E-state index is 13.7. The lowest BCUT2D eigenvalue weighted by molar-refractivity contribution is -0.130. The van der Waals surface area contributed by atoms with E-state index in [9.17, 15) is 24.9 Å². The molecule has 0 radical (unpaired) electrons. The van der Waals surface area contributed by atoms with Gasteiger partial charge in [-0.1, -0.05) is 34.6 Å². The second-order valence-electron chi connectivity index (χ2n) is 13.5. The molecule has 2 saturated heterocycles. The maximum atomic E-state index is 13.7. The summed E-state index contributed by atoms with van der Waals surface area (Å²) in [7, 11) is 3.95. The van der Waals surface area contributed by atoms with E-state index < -0.39 is 40.4 Å². The Balaban J connectivity index is 0.00000800. The summed E-state index contributed by atoms with van der Waals surface area (Å²) < 4.78 is 0. The number of nitrogens with zero attached hydrogens (tertiary/aromatic N) is 4. The van der Waals surface area contributed by atoms with Crippen molar-refractivity contribution in [3.63, 3.8) is 0 Å². The van der Waals surface area contributed by atoms with Crippen molar-refractivity contribution >= 4 is 42.5 Å². The molecule has 41 heavy (non-hydrogen) atoms. The van der Waals surface area contributed by atoms with Crippen molar-refractivity contribution in [3.8, 4) is 12.1 Å². The Labute approximate surface area is 258 Å². The summed E-state index contributed by atoms with van der Waals surface area (Å²) in [5.74, 6) is -1.38. The molecular formula is C28H50Cl2N8O3. The Kier molecular flexibility index (Phi) is 14.6. The summed E-state index contributed by atoms with van der Waals surface area (Å²) in [5.41, 5.74) is 2.31. The fourth-order valence-corrected chi connectivity index (χ4v) is 5.10. The van der Waals surface area contributed by atoms with Crippen LogP contribution in [0, 0.1) is 33.5 Å². The lowest BCUT2D eigenvalue weighted by Crippen LogP contribution is -2.63. The molecule has 0 saturated carbocycles. The van der Waals surface area contributed by atoms with Crippen LogP contribution in [0.15, 0.2) is 0 Å². The molecule has 0 aromatic rings. The first-order chi connectivity index (χ1) is 18.0. The number of carbonyl (C=O) groups is 3. The van der Waals surface area contributed by atoms with Crippen LogP contribution in [-0.2, 0) is 14.4 Å². The van der Waals surface area contributed by atoms with E-state index in [0.717, 1.165) is 0 Å². The molecule has 5 N–H and O–H groups in total. The number of halogens is 2. The minimum Gasteiger partial charge on any atom is -0.369 e. The number of hydrogen-bond acceptors (Lipinski definition) is 8. The molecule has 2 unspecified atom stereocenters. The van der Waals surface area contributed by atoms with Gasteiger partial charge in [-0.25, -0.2) is 0 Å². The average molecular weight is 618 g/mol. The fourth-order valence-electron chi connectivity index (χ4n) is 5.10. The van der Waals surface area contributed by atoms with Crippen molar-refractivity contribution in [3.05, 3.63) is 0 Å². The number of primary amides is 1. The van der Waals surface area contributed by atoms with Gasteiger partial charge in [0, 0.05) is 31.6 Å². The first-order valence-electron chi connectivity index (χ1n) is 13.9. The molecule has 0 aromatic carbocycles. The van der Waals surface area contributed by atoms with Gasteiger partial charge in [-0.15, -0.1) is 24.8 Å². The van der Waals surface area contributed by atoms with Gasteiger partial charge in [0.05, 0.1) is 24.2 Å². The van der Waals surface area contributed by atoms with E-state index in [0.29, 0.717) is 58.3 Å². The summed E-state index contributed by atoms with van der Waals surface area (Å²) >= 11 is 0. The van der Waals surface area contributed by atoms with Crippen LogP contribution >= 0.6 is 24.8 Å². The number of amides is 3. The number of likely N-dealkylation sites (tertiary alicyclic amines) is 2. The molecule has 2 rings (SSSR count). The summed E-state index contributed by atoms with van der Waals surface area (Å²) in [6.45, 7) is 12.0. The SMILES string of the molecule is CN1CCC(C#N)(NC(=O)C(CC(C)(C)C)NC(CC(C)(C)C(N)=O)C(=O)NC2(C#N)CCN(C)CC2)CC1.Cl.Cl. The molecule has 0 aliphatic carbocycles.